The summed E-state index contributed by atoms with van der Waals surface area (Å²) in [6.07, 6.45) is 0. The molecule has 0 bridgehead atoms. The third-order valence-electron chi connectivity index (χ3n) is 2.62. The number of nitrogens with two attached hydrogens (primary N) is 1. The maximum Gasteiger partial charge on any atom is 0.330 e. The van der Waals surface area contributed by atoms with Gasteiger partial charge in [-0.25, -0.2) is 4.79 Å². The van der Waals surface area contributed by atoms with Gasteiger partial charge in [0.15, 0.2) is 6.04 Å². The number of hydrogen-bond acceptors (Lipinski definition) is 4. The van der Waals surface area contributed by atoms with Crippen molar-refractivity contribution < 1.29 is 13.9 Å². The minimum Gasteiger partial charge on any atom is -0.468 e. The average molecular weight is 219 g/mol. The largest absolute Gasteiger partial charge is 0.468 e. The zero-order chi connectivity index (χ0) is 11.7. The zero-order valence-electron chi connectivity index (χ0n) is 9.19. The third kappa shape index (κ3) is 1.57. The summed E-state index contributed by atoms with van der Waals surface area (Å²) in [4.78, 5) is 11.3. The smallest absolute Gasteiger partial charge is 0.330 e. The lowest BCUT2D eigenvalue weighted by Gasteiger charge is -2.06. The summed E-state index contributed by atoms with van der Waals surface area (Å²) >= 11 is 0. The first-order valence-electron chi connectivity index (χ1n) is 4.96. The lowest BCUT2D eigenvalue weighted by molar-refractivity contribution is -0.142. The molecule has 0 fully saturated rings. The minimum absolute atomic E-state index is 0.466. The van der Waals surface area contributed by atoms with Crippen LogP contribution in [-0.2, 0) is 9.53 Å². The van der Waals surface area contributed by atoms with Crippen LogP contribution in [0.15, 0.2) is 28.7 Å². The number of methoxy groups -OCH3 is 1. The molecule has 1 atom stereocenters. The van der Waals surface area contributed by atoms with Gasteiger partial charge in [-0.15, -0.1) is 0 Å². The van der Waals surface area contributed by atoms with Crippen LogP contribution in [0.2, 0.25) is 0 Å². The molecule has 4 nitrogen and oxygen atoms in total. The van der Waals surface area contributed by atoms with Gasteiger partial charge in [0.25, 0.3) is 0 Å². The molecule has 0 amide bonds. The maximum absolute atomic E-state index is 11.3. The summed E-state index contributed by atoms with van der Waals surface area (Å²) < 4.78 is 10.2. The first kappa shape index (κ1) is 10.7. The number of ether oxygens (including phenoxy) is 1. The van der Waals surface area contributed by atoms with Gasteiger partial charge in [0.2, 0.25) is 0 Å². The van der Waals surface area contributed by atoms with Crippen molar-refractivity contribution in [3.05, 3.63) is 35.6 Å². The molecule has 0 aliphatic rings. The summed E-state index contributed by atoms with van der Waals surface area (Å²) in [7, 11) is 1.31. The molecular formula is C12H13NO3. The molecule has 2 rings (SSSR count). The topological polar surface area (TPSA) is 65.5 Å². The Balaban J connectivity index is 2.53. The van der Waals surface area contributed by atoms with E-state index >= 15 is 0 Å². The molecule has 2 N–H and O–H groups in total. The summed E-state index contributed by atoms with van der Waals surface area (Å²) in [6, 6.07) is 6.70. The van der Waals surface area contributed by atoms with E-state index in [2.05, 4.69) is 4.74 Å². The first-order valence-corrected chi connectivity index (χ1v) is 4.96. The Morgan fingerprint density at radius 2 is 2.12 bits per heavy atom. The summed E-state index contributed by atoms with van der Waals surface area (Å²) in [6.45, 7) is 1.88. The van der Waals surface area contributed by atoms with E-state index in [-0.39, 0.29) is 0 Å². The van der Waals surface area contributed by atoms with Crippen molar-refractivity contribution >= 4 is 16.9 Å². The highest BCUT2D eigenvalue weighted by molar-refractivity contribution is 5.85. The van der Waals surface area contributed by atoms with E-state index in [1.54, 1.807) is 0 Å². The number of furan rings is 1. The highest BCUT2D eigenvalue weighted by Crippen LogP contribution is 2.28. The fourth-order valence-corrected chi connectivity index (χ4v) is 1.72. The molecule has 1 unspecified atom stereocenters. The number of rotatable bonds is 2. The van der Waals surface area contributed by atoms with Crippen LogP contribution in [-0.4, -0.2) is 13.1 Å². The Morgan fingerprint density at radius 1 is 1.44 bits per heavy atom. The van der Waals surface area contributed by atoms with E-state index < -0.39 is 12.0 Å². The van der Waals surface area contributed by atoms with Crippen molar-refractivity contribution in [1.82, 2.24) is 0 Å². The van der Waals surface area contributed by atoms with Crippen LogP contribution in [0.5, 0.6) is 0 Å². The predicted molar refractivity (Wildman–Crippen MR) is 59.9 cm³/mol. The quantitative estimate of drug-likeness (QED) is 0.783. The second-order valence-corrected chi connectivity index (χ2v) is 3.59. The highest BCUT2D eigenvalue weighted by atomic mass is 16.5. The molecule has 0 saturated heterocycles. The van der Waals surface area contributed by atoms with E-state index in [0.717, 1.165) is 16.5 Å². The lowest BCUT2D eigenvalue weighted by atomic mass is 10.1. The van der Waals surface area contributed by atoms with Crippen LogP contribution in [0.25, 0.3) is 11.0 Å². The standard InChI is InChI=1S/C12H13NO3/c1-7-8-5-3-4-6-9(8)16-11(7)10(13)12(14)15-2/h3-6,10H,13H2,1-2H3. The van der Waals surface area contributed by atoms with Crippen LogP contribution in [0, 0.1) is 6.92 Å². The van der Waals surface area contributed by atoms with Gasteiger partial charge in [-0.05, 0) is 13.0 Å². The third-order valence-corrected chi connectivity index (χ3v) is 2.62. The van der Waals surface area contributed by atoms with Crippen molar-refractivity contribution in [1.29, 1.82) is 0 Å². The van der Waals surface area contributed by atoms with E-state index in [0.29, 0.717) is 5.76 Å². The van der Waals surface area contributed by atoms with Gasteiger partial charge < -0.3 is 14.9 Å². The van der Waals surface area contributed by atoms with Crippen molar-refractivity contribution in [3.63, 3.8) is 0 Å². The summed E-state index contributed by atoms with van der Waals surface area (Å²) in [5.41, 5.74) is 7.36. The average Bonchev–Trinajstić information content (AvgIpc) is 2.65. The Hall–Kier alpha value is -1.81. The molecule has 16 heavy (non-hydrogen) atoms. The number of benzene rings is 1. The molecule has 1 aromatic carbocycles. The van der Waals surface area contributed by atoms with Crippen LogP contribution < -0.4 is 5.73 Å². The highest BCUT2D eigenvalue weighted by Gasteiger charge is 2.23. The number of aryl methyl sites for hydroxylation is 1. The van der Waals surface area contributed by atoms with Crippen molar-refractivity contribution in [3.8, 4) is 0 Å². The van der Waals surface area contributed by atoms with Gasteiger partial charge in [0.1, 0.15) is 11.3 Å². The number of carbonyl (C=O) groups is 1. The van der Waals surface area contributed by atoms with Crippen LogP contribution >= 0.6 is 0 Å². The minimum atomic E-state index is -0.864. The van der Waals surface area contributed by atoms with E-state index in [1.165, 1.54) is 7.11 Å². The summed E-state index contributed by atoms with van der Waals surface area (Å²) in [5.74, 6) is -0.0322. The molecule has 0 saturated carbocycles. The molecule has 2 aromatic rings. The van der Waals surface area contributed by atoms with Crippen molar-refractivity contribution in [2.45, 2.75) is 13.0 Å². The SMILES string of the molecule is COC(=O)C(N)c1oc2ccccc2c1C. The number of fused-ring (bicyclic) bond motifs is 1. The Kier molecular flexibility index (Phi) is 2.66. The fourth-order valence-electron chi connectivity index (χ4n) is 1.72. The number of carbonyl (C=O) groups excluding carboxylic acids is 1. The second kappa shape index (κ2) is 3.98. The molecule has 0 spiro atoms. The van der Waals surface area contributed by atoms with Crippen molar-refractivity contribution in [2.24, 2.45) is 5.73 Å². The van der Waals surface area contributed by atoms with Gasteiger partial charge in [0, 0.05) is 10.9 Å². The normalized spacial score (nSPS) is 12.7. The molecule has 84 valence electrons. The predicted octanol–water partition coefficient (Wildman–Crippen LogP) is 1.91. The second-order valence-electron chi connectivity index (χ2n) is 3.59. The Labute approximate surface area is 93.0 Å². The Bertz CT molecular complexity index is 530. The number of para-hydroxylation sites is 1. The monoisotopic (exact) mass is 219 g/mol. The number of esters is 1. The Morgan fingerprint density at radius 3 is 2.75 bits per heavy atom. The van der Waals surface area contributed by atoms with Crippen LogP contribution in [0.1, 0.15) is 17.4 Å². The summed E-state index contributed by atoms with van der Waals surface area (Å²) in [5, 5.41) is 0.969. The molecule has 0 aliphatic carbocycles. The zero-order valence-corrected chi connectivity index (χ0v) is 9.19. The van der Waals surface area contributed by atoms with Gasteiger partial charge >= 0.3 is 5.97 Å². The molecule has 1 aromatic heterocycles. The molecule has 1 heterocycles. The van der Waals surface area contributed by atoms with Crippen LogP contribution in [0.4, 0.5) is 0 Å². The fraction of sp³-hybridized carbons (Fsp3) is 0.250. The molecule has 4 heteroatoms. The molecular weight excluding hydrogens is 206 g/mol. The maximum atomic E-state index is 11.3. The van der Waals surface area contributed by atoms with E-state index in [1.807, 2.05) is 31.2 Å². The van der Waals surface area contributed by atoms with E-state index in [4.69, 9.17) is 10.2 Å². The molecule has 0 radical (unpaired) electrons. The van der Waals surface area contributed by atoms with Gasteiger partial charge in [-0.2, -0.15) is 0 Å². The van der Waals surface area contributed by atoms with Gasteiger partial charge in [-0.1, -0.05) is 18.2 Å². The molecule has 0 aliphatic heterocycles. The van der Waals surface area contributed by atoms with Crippen LogP contribution in [0.3, 0.4) is 0 Å². The first-order chi connectivity index (χ1) is 7.65. The number of hydrogen-bond donors (Lipinski definition) is 1. The lowest BCUT2D eigenvalue weighted by Crippen LogP contribution is -2.22. The van der Waals surface area contributed by atoms with Gasteiger partial charge in [-0.3, -0.25) is 0 Å². The van der Waals surface area contributed by atoms with Crippen molar-refractivity contribution in [2.75, 3.05) is 7.11 Å². The van der Waals surface area contributed by atoms with E-state index in [9.17, 15) is 4.79 Å². The van der Waals surface area contributed by atoms with Gasteiger partial charge in [0.05, 0.1) is 7.11 Å².